The Morgan fingerprint density at radius 1 is 1.19 bits per heavy atom. The lowest BCUT2D eigenvalue weighted by Crippen LogP contribution is -2.49. The number of anilines is 1. The highest BCUT2D eigenvalue weighted by molar-refractivity contribution is 7.80. The lowest BCUT2D eigenvalue weighted by Gasteiger charge is -2.20. The molecule has 3 N–H and O–H groups in total. The molecule has 0 radical (unpaired) electrons. The maximum absolute atomic E-state index is 12.5. The van der Waals surface area contributed by atoms with E-state index in [1.165, 1.54) is 0 Å². The molecule has 0 spiro atoms. The first-order valence-electron chi connectivity index (χ1n) is 8.52. The Labute approximate surface area is 164 Å². The molecule has 0 aliphatic rings. The van der Waals surface area contributed by atoms with Gasteiger partial charge in [0.1, 0.15) is 11.8 Å². The van der Waals surface area contributed by atoms with Crippen LogP contribution in [0.5, 0.6) is 5.75 Å². The van der Waals surface area contributed by atoms with E-state index in [1.807, 2.05) is 60.7 Å². The highest BCUT2D eigenvalue weighted by Crippen LogP contribution is 2.15. The smallest absolute Gasteiger partial charge is 0.242 e. The van der Waals surface area contributed by atoms with Crippen molar-refractivity contribution in [1.82, 2.24) is 10.6 Å². The largest absolute Gasteiger partial charge is 0.497 e. The van der Waals surface area contributed by atoms with Gasteiger partial charge in [-0.25, -0.2) is 0 Å². The molecule has 1 amide bonds. The number of hydrogen-bond acceptors (Lipinski definition) is 4. The molecule has 0 fully saturated rings. The summed E-state index contributed by atoms with van der Waals surface area (Å²) in [5.74, 6) is 0.547. The van der Waals surface area contributed by atoms with Gasteiger partial charge in [0, 0.05) is 18.7 Å². The van der Waals surface area contributed by atoms with Crippen molar-refractivity contribution < 1.29 is 9.53 Å². The van der Waals surface area contributed by atoms with E-state index in [4.69, 9.17) is 22.2 Å². The summed E-state index contributed by atoms with van der Waals surface area (Å²) in [6.07, 6.45) is 0.738. The number of hydrogen-bond donors (Lipinski definition) is 3. The minimum atomic E-state index is -0.552. The van der Waals surface area contributed by atoms with Gasteiger partial charge in [-0.15, -0.1) is 0 Å². The molecule has 0 saturated heterocycles. The number of nitrogens with one attached hydrogen (secondary N) is 3. The van der Waals surface area contributed by atoms with Crippen LogP contribution in [0.2, 0.25) is 0 Å². The molecule has 1 atom stereocenters. The molecule has 0 aliphatic carbocycles. The Kier molecular flexibility index (Phi) is 8.07. The van der Waals surface area contributed by atoms with Crippen molar-refractivity contribution in [3.8, 4) is 11.8 Å². The number of carbonyl (C=O) groups excluding carboxylic acids is 1. The standard InChI is InChI=1S/C20H22N4O2S/c1-26-17-10-8-16(9-11-17)23-20(27)24-18(19(25)22-13-5-12-21)14-15-6-3-2-4-7-15/h2-4,6-11,18H,5,13-14H2,1H3,(H,22,25)(H2,23,24,27). The van der Waals surface area contributed by atoms with Crippen molar-refractivity contribution in [3.63, 3.8) is 0 Å². The number of thiocarbonyl (C=S) groups is 1. The fourth-order valence-corrected chi connectivity index (χ4v) is 2.68. The third kappa shape index (κ3) is 6.96. The molecule has 2 aromatic rings. The summed E-state index contributed by atoms with van der Waals surface area (Å²) in [5.41, 5.74) is 1.80. The van der Waals surface area contributed by atoms with Gasteiger partial charge < -0.3 is 20.7 Å². The molecule has 6 nitrogen and oxygen atoms in total. The van der Waals surface area contributed by atoms with Crippen molar-refractivity contribution in [1.29, 1.82) is 5.26 Å². The number of rotatable bonds is 8. The van der Waals surface area contributed by atoms with Crippen LogP contribution in [0.3, 0.4) is 0 Å². The molecule has 0 saturated carbocycles. The van der Waals surface area contributed by atoms with Crippen LogP contribution in [0, 0.1) is 11.3 Å². The van der Waals surface area contributed by atoms with Crippen LogP contribution in [-0.2, 0) is 11.2 Å². The van der Waals surface area contributed by atoms with Gasteiger partial charge in [-0.1, -0.05) is 30.3 Å². The van der Waals surface area contributed by atoms with Crippen LogP contribution >= 0.6 is 12.2 Å². The van der Waals surface area contributed by atoms with Gasteiger partial charge >= 0.3 is 0 Å². The van der Waals surface area contributed by atoms with E-state index in [9.17, 15) is 4.79 Å². The summed E-state index contributed by atoms with van der Waals surface area (Å²) in [4.78, 5) is 12.5. The number of nitrogens with zero attached hydrogens (tertiary/aromatic N) is 1. The highest BCUT2D eigenvalue weighted by Gasteiger charge is 2.19. The Morgan fingerprint density at radius 3 is 2.52 bits per heavy atom. The molecule has 0 aliphatic heterocycles. The van der Waals surface area contributed by atoms with E-state index >= 15 is 0 Å². The number of benzene rings is 2. The summed E-state index contributed by atoms with van der Waals surface area (Å²) < 4.78 is 5.13. The molecule has 0 aromatic heterocycles. The van der Waals surface area contributed by atoms with Gasteiger partial charge in [0.05, 0.1) is 19.6 Å². The Hall–Kier alpha value is -3.11. The van der Waals surface area contributed by atoms with E-state index in [0.29, 0.717) is 18.1 Å². The monoisotopic (exact) mass is 382 g/mol. The van der Waals surface area contributed by atoms with Crippen LogP contribution in [0.15, 0.2) is 54.6 Å². The van der Waals surface area contributed by atoms with E-state index in [-0.39, 0.29) is 12.3 Å². The summed E-state index contributed by atoms with van der Waals surface area (Å²) >= 11 is 5.36. The minimum Gasteiger partial charge on any atom is -0.497 e. The van der Waals surface area contributed by atoms with Crippen LogP contribution < -0.4 is 20.7 Å². The molecule has 140 valence electrons. The summed E-state index contributed by atoms with van der Waals surface area (Å²) in [5, 5.41) is 17.9. The quantitative estimate of drug-likeness (QED) is 0.481. The molecular formula is C20H22N4O2S. The van der Waals surface area contributed by atoms with Gasteiger partial charge in [0.2, 0.25) is 5.91 Å². The first-order chi connectivity index (χ1) is 13.1. The maximum atomic E-state index is 12.5. The van der Waals surface area contributed by atoms with Gasteiger partial charge in [-0.05, 0) is 42.0 Å². The van der Waals surface area contributed by atoms with E-state index < -0.39 is 6.04 Å². The Balaban J connectivity index is 2.01. The van der Waals surface area contributed by atoms with Crippen LogP contribution in [0.25, 0.3) is 0 Å². The van der Waals surface area contributed by atoms with E-state index in [1.54, 1.807) is 7.11 Å². The van der Waals surface area contributed by atoms with Crippen LogP contribution in [0.4, 0.5) is 5.69 Å². The Bertz CT molecular complexity index is 788. The molecule has 7 heteroatoms. The van der Waals surface area contributed by atoms with Gasteiger partial charge in [0.15, 0.2) is 5.11 Å². The first-order valence-corrected chi connectivity index (χ1v) is 8.93. The summed E-state index contributed by atoms with van der Waals surface area (Å²) in [7, 11) is 1.60. The molecule has 0 bridgehead atoms. The zero-order chi connectivity index (χ0) is 19.5. The maximum Gasteiger partial charge on any atom is 0.242 e. The third-order valence-electron chi connectivity index (χ3n) is 3.79. The molecular weight excluding hydrogens is 360 g/mol. The van der Waals surface area contributed by atoms with Gasteiger partial charge in [-0.3, -0.25) is 4.79 Å². The van der Waals surface area contributed by atoms with Crippen molar-refractivity contribution in [2.75, 3.05) is 19.0 Å². The molecule has 2 aromatic carbocycles. The van der Waals surface area contributed by atoms with Crippen molar-refractivity contribution in [2.24, 2.45) is 0 Å². The van der Waals surface area contributed by atoms with E-state index in [0.717, 1.165) is 17.0 Å². The topological polar surface area (TPSA) is 86.2 Å². The predicted octanol–water partition coefficient (Wildman–Crippen LogP) is 2.62. The molecule has 1 unspecified atom stereocenters. The highest BCUT2D eigenvalue weighted by atomic mass is 32.1. The summed E-state index contributed by atoms with van der Waals surface area (Å²) in [6, 6.07) is 18.5. The van der Waals surface area contributed by atoms with Crippen molar-refractivity contribution in [2.45, 2.75) is 18.9 Å². The number of amides is 1. The minimum absolute atomic E-state index is 0.201. The van der Waals surface area contributed by atoms with Crippen LogP contribution in [-0.4, -0.2) is 30.7 Å². The fraction of sp³-hybridized carbons (Fsp3) is 0.250. The molecule has 0 heterocycles. The van der Waals surface area contributed by atoms with Crippen molar-refractivity contribution >= 4 is 28.9 Å². The van der Waals surface area contributed by atoms with Crippen molar-refractivity contribution in [3.05, 3.63) is 60.2 Å². The zero-order valence-electron chi connectivity index (χ0n) is 15.1. The Morgan fingerprint density at radius 2 is 1.89 bits per heavy atom. The number of methoxy groups -OCH3 is 1. The third-order valence-corrected chi connectivity index (χ3v) is 4.01. The van der Waals surface area contributed by atoms with Gasteiger partial charge in [-0.2, -0.15) is 5.26 Å². The number of carbonyl (C=O) groups is 1. The fourth-order valence-electron chi connectivity index (χ4n) is 2.42. The molecule has 2 rings (SSSR count). The predicted molar refractivity (Wildman–Crippen MR) is 110 cm³/mol. The second-order valence-corrected chi connectivity index (χ2v) is 6.18. The second-order valence-electron chi connectivity index (χ2n) is 5.77. The first kappa shape index (κ1) is 20.2. The van der Waals surface area contributed by atoms with Crippen LogP contribution in [0.1, 0.15) is 12.0 Å². The average molecular weight is 382 g/mol. The number of nitriles is 1. The number of ether oxygens (including phenoxy) is 1. The normalized spacial score (nSPS) is 11.0. The lowest BCUT2D eigenvalue weighted by atomic mass is 10.1. The second kappa shape index (κ2) is 10.8. The SMILES string of the molecule is COc1ccc(NC(=S)NC(Cc2ccccc2)C(=O)NCCC#N)cc1. The van der Waals surface area contributed by atoms with E-state index in [2.05, 4.69) is 16.0 Å². The summed E-state index contributed by atoms with van der Waals surface area (Å²) in [6.45, 7) is 0.307. The lowest BCUT2D eigenvalue weighted by molar-refractivity contribution is -0.122. The molecule has 27 heavy (non-hydrogen) atoms. The zero-order valence-corrected chi connectivity index (χ0v) is 15.9. The average Bonchev–Trinajstić information content (AvgIpc) is 2.69. The van der Waals surface area contributed by atoms with Gasteiger partial charge in [0.25, 0.3) is 0 Å².